The Morgan fingerprint density at radius 3 is 2.69 bits per heavy atom. The van der Waals surface area contributed by atoms with Crippen LogP contribution >= 0.6 is 0 Å². The first kappa shape index (κ1) is 28.0. The van der Waals surface area contributed by atoms with Gasteiger partial charge in [-0.15, -0.1) is 10.2 Å². The van der Waals surface area contributed by atoms with Gasteiger partial charge in [-0.25, -0.2) is 14.4 Å². The number of ether oxygens (including phenoxy) is 1. The van der Waals surface area contributed by atoms with Gasteiger partial charge >= 0.3 is 0 Å². The molecule has 2 aromatic heterocycles. The van der Waals surface area contributed by atoms with Gasteiger partial charge in [0.25, 0.3) is 5.91 Å². The average molecular weight is 543 g/mol. The van der Waals surface area contributed by atoms with Gasteiger partial charge in [0.05, 0.1) is 13.2 Å². The maximum atomic E-state index is 13.9. The summed E-state index contributed by atoms with van der Waals surface area (Å²) in [5, 5.41) is 36.0. The Kier molecular flexibility index (Phi) is 9.44. The normalized spacial score (nSPS) is 17.0. The molecule has 1 saturated carbocycles. The molecule has 2 amide bonds. The zero-order chi connectivity index (χ0) is 27.8. The third kappa shape index (κ3) is 7.74. The van der Waals surface area contributed by atoms with Gasteiger partial charge in [0.1, 0.15) is 30.4 Å². The summed E-state index contributed by atoms with van der Waals surface area (Å²) in [6, 6.07) is 5.77. The van der Waals surface area contributed by atoms with E-state index in [1.807, 2.05) is 0 Å². The molecule has 0 bridgehead atoms. The summed E-state index contributed by atoms with van der Waals surface area (Å²) in [6.07, 6.45) is 3.40. The molecule has 0 radical (unpaired) electrons. The molecule has 14 heteroatoms. The molecule has 1 aliphatic rings. The van der Waals surface area contributed by atoms with E-state index in [2.05, 4.69) is 36.0 Å². The van der Waals surface area contributed by atoms with Crippen LogP contribution in [0.4, 0.5) is 4.39 Å². The second kappa shape index (κ2) is 13.2. The summed E-state index contributed by atoms with van der Waals surface area (Å²) in [5.41, 5.74) is 1.09. The molecule has 1 aliphatic carbocycles. The molecule has 0 aliphatic heterocycles. The van der Waals surface area contributed by atoms with E-state index in [4.69, 9.17) is 14.9 Å². The van der Waals surface area contributed by atoms with Crippen LogP contribution in [0.5, 0.6) is 5.75 Å². The van der Waals surface area contributed by atoms with Crippen LogP contribution in [-0.2, 0) is 17.9 Å². The molecular weight excluding hydrogens is 511 g/mol. The average Bonchev–Trinajstić information content (AvgIpc) is 3.41. The highest BCUT2D eigenvalue weighted by Gasteiger charge is 2.24. The smallest absolute Gasteiger partial charge is 0.270 e. The minimum atomic E-state index is -0.561. The first-order valence-corrected chi connectivity index (χ1v) is 12.7. The number of hydrogen-bond donors (Lipinski definition) is 4. The molecule has 13 nitrogen and oxygen atoms in total. The zero-order valence-electron chi connectivity index (χ0n) is 21.5. The fourth-order valence-corrected chi connectivity index (χ4v) is 4.41. The second-order valence-corrected chi connectivity index (χ2v) is 9.32. The lowest BCUT2D eigenvalue weighted by atomic mass is 9.86. The lowest BCUT2D eigenvalue weighted by molar-refractivity contribution is -0.124. The number of aromatic nitrogens is 6. The number of amides is 2. The van der Waals surface area contributed by atoms with E-state index >= 15 is 0 Å². The van der Waals surface area contributed by atoms with E-state index in [1.165, 1.54) is 29.1 Å². The van der Waals surface area contributed by atoms with Crippen molar-refractivity contribution in [2.45, 2.75) is 51.7 Å². The predicted octanol–water partition coefficient (Wildman–Crippen LogP) is 0.546. The van der Waals surface area contributed by atoms with E-state index in [-0.39, 0.29) is 49.0 Å². The topological polar surface area (TPSA) is 177 Å². The lowest BCUT2D eigenvalue weighted by Gasteiger charge is -2.28. The number of carbonyl (C=O) groups excluding carboxylic acids is 2. The molecule has 0 atom stereocenters. The Labute approximate surface area is 223 Å². The Hall–Kier alpha value is -4.04. The maximum absolute atomic E-state index is 13.9. The van der Waals surface area contributed by atoms with Crippen molar-refractivity contribution in [1.29, 1.82) is 0 Å². The molecule has 208 valence electrons. The van der Waals surface area contributed by atoms with Crippen molar-refractivity contribution in [2.24, 2.45) is 5.92 Å². The highest BCUT2D eigenvalue weighted by Crippen LogP contribution is 2.25. The fourth-order valence-electron chi connectivity index (χ4n) is 4.41. The Bertz CT molecular complexity index is 1300. The summed E-state index contributed by atoms with van der Waals surface area (Å²) in [4.78, 5) is 34.3. The Morgan fingerprint density at radius 1 is 1.15 bits per heavy atom. The maximum Gasteiger partial charge on any atom is 0.270 e. The van der Waals surface area contributed by atoms with E-state index in [0.717, 1.165) is 25.7 Å². The molecule has 39 heavy (non-hydrogen) atoms. The molecule has 4 rings (SSSR count). The molecule has 1 aromatic carbocycles. The second-order valence-electron chi connectivity index (χ2n) is 9.32. The number of nitrogens with one attached hydrogen (secondary N) is 2. The zero-order valence-corrected chi connectivity index (χ0v) is 21.5. The number of aliphatic hydroxyl groups excluding tert-OH is 2. The first-order chi connectivity index (χ1) is 18.8. The van der Waals surface area contributed by atoms with Crippen LogP contribution in [0.1, 0.15) is 47.6 Å². The van der Waals surface area contributed by atoms with Gasteiger partial charge in [0.2, 0.25) is 11.7 Å². The molecule has 1 fully saturated rings. The lowest BCUT2D eigenvalue weighted by Crippen LogP contribution is -2.39. The van der Waals surface area contributed by atoms with Crippen LogP contribution in [0.15, 0.2) is 24.3 Å². The van der Waals surface area contributed by atoms with E-state index < -0.39 is 18.3 Å². The molecule has 4 N–H and O–H groups in total. The predicted molar refractivity (Wildman–Crippen MR) is 135 cm³/mol. The number of tetrazole rings is 1. The van der Waals surface area contributed by atoms with Gasteiger partial charge in [-0.2, -0.15) is 4.80 Å². The molecule has 3 aromatic rings. The summed E-state index contributed by atoms with van der Waals surface area (Å²) in [7, 11) is 0. The summed E-state index contributed by atoms with van der Waals surface area (Å²) < 4.78 is 19.0. The summed E-state index contributed by atoms with van der Waals surface area (Å²) in [6.45, 7) is 1.53. The molecular formula is C25H31FN8O5. The van der Waals surface area contributed by atoms with Gasteiger partial charge in [-0.3, -0.25) is 9.59 Å². The van der Waals surface area contributed by atoms with E-state index in [0.29, 0.717) is 29.5 Å². The highest BCUT2D eigenvalue weighted by atomic mass is 19.1. The number of rotatable bonds is 11. The van der Waals surface area contributed by atoms with E-state index in [1.54, 1.807) is 6.92 Å². The Balaban J connectivity index is 1.35. The number of hydrogen-bond acceptors (Lipinski definition) is 10. The van der Waals surface area contributed by atoms with Gasteiger partial charge in [-0.1, -0.05) is 6.07 Å². The summed E-state index contributed by atoms with van der Waals surface area (Å²) >= 11 is 0. The number of aryl methyl sites for hydroxylation is 1. The number of benzene rings is 1. The number of halogens is 1. The SMILES string of the molecule is Cc1nc(C(=O)NCc2ccc(F)c(OCCO)c2)cc(-c2nnn(C[C@H]3CC[C@H](NC(=O)CO)CC3)n2)n1. The van der Waals surface area contributed by atoms with Crippen molar-refractivity contribution >= 4 is 11.8 Å². The minimum Gasteiger partial charge on any atom is -0.488 e. The largest absolute Gasteiger partial charge is 0.488 e. The van der Waals surface area contributed by atoms with Crippen molar-refractivity contribution in [2.75, 3.05) is 19.8 Å². The third-order valence-corrected chi connectivity index (χ3v) is 6.33. The third-order valence-electron chi connectivity index (χ3n) is 6.33. The van der Waals surface area contributed by atoms with Gasteiger partial charge in [-0.05, 0) is 67.5 Å². The summed E-state index contributed by atoms with van der Waals surface area (Å²) in [5.74, 6) is -0.435. The molecule has 0 spiro atoms. The number of nitrogens with zero attached hydrogens (tertiary/aromatic N) is 6. The molecule has 0 saturated heterocycles. The van der Waals surface area contributed by atoms with Gasteiger partial charge < -0.3 is 25.6 Å². The monoisotopic (exact) mass is 542 g/mol. The highest BCUT2D eigenvalue weighted by molar-refractivity contribution is 5.93. The first-order valence-electron chi connectivity index (χ1n) is 12.7. The standard InChI is InChI=1S/C25H31FN8O5/c1-15-28-20(24-31-33-34(32-24)13-16-2-5-18(6-3-16)30-23(37)14-36)11-21(29-15)25(38)27-12-17-4-7-19(26)22(10-17)39-9-8-35/h4,7,10-11,16,18,35-36H,2-3,5-6,8-9,12-14H2,1H3,(H,27,38)(H,30,37)/t16-,18-. The van der Waals surface area contributed by atoms with Crippen LogP contribution in [0.3, 0.4) is 0 Å². The number of aliphatic hydroxyl groups is 2. The van der Waals surface area contributed by atoms with Crippen LogP contribution in [0.2, 0.25) is 0 Å². The van der Waals surface area contributed by atoms with Gasteiger partial charge in [0, 0.05) is 12.6 Å². The molecule has 2 heterocycles. The van der Waals surface area contributed by atoms with Crippen LogP contribution in [0.25, 0.3) is 11.5 Å². The van der Waals surface area contributed by atoms with Crippen molar-refractivity contribution < 1.29 is 28.9 Å². The van der Waals surface area contributed by atoms with Crippen molar-refractivity contribution in [3.8, 4) is 17.3 Å². The molecule has 0 unspecified atom stereocenters. The van der Waals surface area contributed by atoms with Crippen LogP contribution in [-0.4, -0.2) is 78.1 Å². The fraction of sp³-hybridized carbons (Fsp3) is 0.480. The van der Waals surface area contributed by atoms with Crippen molar-refractivity contribution in [1.82, 2.24) is 40.8 Å². The van der Waals surface area contributed by atoms with E-state index in [9.17, 15) is 14.0 Å². The quantitative estimate of drug-likeness (QED) is 0.267. The van der Waals surface area contributed by atoms with Crippen LogP contribution < -0.4 is 15.4 Å². The number of carbonyl (C=O) groups is 2. The van der Waals surface area contributed by atoms with Crippen molar-refractivity contribution in [3.05, 3.63) is 47.2 Å². The Morgan fingerprint density at radius 2 is 1.95 bits per heavy atom. The van der Waals surface area contributed by atoms with Crippen molar-refractivity contribution in [3.63, 3.8) is 0 Å². The van der Waals surface area contributed by atoms with Crippen LogP contribution in [0, 0.1) is 18.7 Å². The van der Waals surface area contributed by atoms with Gasteiger partial charge in [0.15, 0.2) is 11.6 Å². The minimum absolute atomic E-state index is 0.00774.